The fraction of sp³-hybridized carbons (Fsp3) is 0.562. The minimum atomic E-state index is 0.0391. The average Bonchev–Trinajstić information content (AvgIpc) is 2.88. The molecule has 0 aliphatic carbocycles. The van der Waals surface area contributed by atoms with Crippen LogP contribution in [0.1, 0.15) is 32.3 Å². The van der Waals surface area contributed by atoms with Crippen molar-refractivity contribution in [1.29, 1.82) is 0 Å². The van der Waals surface area contributed by atoms with E-state index in [0.29, 0.717) is 0 Å². The number of hydrogen-bond acceptors (Lipinski definition) is 3. The Hall–Kier alpha value is -1.26. The van der Waals surface area contributed by atoms with Gasteiger partial charge in [0.05, 0.1) is 0 Å². The third-order valence-electron chi connectivity index (χ3n) is 3.74. The highest BCUT2D eigenvalue weighted by Gasteiger charge is 2.23. The zero-order valence-corrected chi connectivity index (χ0v) is 13.5. The van der Waals surface area contributed by atoms with Crippen molar-refractivity contribution in [2.45, 2.75) is 39.3 Å². The van der Waals surface area contributed by atoms with E-state index in [1.165, 1.54) is 0 Å². The summed E-state index contributed by atoms with van der Waals surface area (Å²) >= 11 is 6.37. The number of carbonyl (C=O) groups is 1. The average molecular weight is 310 g/mol. The fourth-order valence-corrected chi connectivity index (χ4v) is 2.92. The van der Waals surface area contributed by atoms with Gasteiger partial charge in [0.25, 0.3) is 0 Å². The molecule has 1 aliphatic heterocycles. The van der Waals surface area contributed by atoms with Crippen LogP contribution in [0.15, 0.2) is 18.2 Å². The Balaban J connectivity index is 1.95. The predicted molar refractivity (Wildman–Crippen MR) is 87.9 cm³/mol. The van der Waals surface area contributed by atoms with Gasteiger partial charge in [0.1, 0.15) is 0 Å². The van der Waals surface area contributed by atoms with Crippen LogP contribution in [0.2, 0.25) is 5.02 Å². The number of benzene rings is 1. The molecule has 1 unspecified atom stereocenters. The van der Waals surface area contributed by atoms with Gasteiger partial charge in [-0.2, -0.15) is 0 Å². The normalized spacial score (nSPS) is 18.0. The fourth-order valence-electron chi connectivity index (χ4n) is 2.68. The van der Waals surface area contributed by atoms with Crippen molar-refractivity contribution in [1.82, 2.24) is 10.6 Å². The molecule has 2 N–H and O–H groups in total. The highest BCUT2D eigenvalue weighted by molar-refractivity contribution is 6.31. The molecule has 1 saturated heterocycles. The standard InChI is InChI=1S/C16H24ClN3O/c1-3-7-18-10-13-4-5-15(9-16(13)17)20-8-6-14(11-20)19-12(2)21/h4-5,9,14,18H,3,6-8,10-11H2,1-2H3,(H,19,21). The van der Waals surface area contributed by atoms with Crippen molar-refractivity contribution >= 4 is 23.2 Å². The van der Waals surface area contributed by atoms with Crippen molar-refractivity contribution in [3.63, 3.8) is 0 Å². The smallest absolute Gasteiger partial charge is 0.217 e. The number of nitrogens with one attached hydrogen (secondary N) is 2. The second kappa shape index (κ2) is 7.66. The summed E-state index contributed by atoms with van der Waals surface area (Å²) in [6.07, 6.45) is 2.10. The summed E-state index contributed by atoms with van der Waals surface area (Å²) in [7, 11) is 0. The summed E-state index contributed by atoms with van der Waals surface area (Å²) in [5.74, 6) is 0.0391. The Labute approximate surface area is 131 Å². The van der Waals surface area contributed by atoms with Crippen LogP contribution in [-0.4, -0.2) is 31.6 Å². The molecule has 1 atom stereocenters. The van der Waals surface area contributed by atoms with E-state index in [0.717, 1.165) is 55.3 Å². The second-order valence-corrected chi connectivity index (χ2v) is 5.99. The number of carbonyl (C=O) groups excluding carboxylic acids is 1. The number of hydrogen-bond donors (Lipinski definition) is 2. The van der Waals surface area contributed by atoms with Gasteiger partial charge in [0.15, 0.2) is 0 Å². The van der Waals surface area contributed by atoms with E-state index in [2.05, 4.69) is 34.6 Å². The summed E-state index contributed by atoms with van der Waals surface area (Å²) in [5, 5.41) is 7.15. The molecule has 1 heterocycles. The lowest BCUT2D eigenvalue weighted by Crippen LogP contribution is -2.35. The van der Waals surface area contributed by atoms with Crippen LogP contribution in [-0.2, 0) is 11.3 Å². The molecule has 0 spiro atoms. The molecule has 4 nitrogen and oxygen atoms in total. The van der Waals surface area contributed by atoms with Gasteiger partial charge < -0.3 is 15.5 Å². The highest BCUT2D eigenvalue weighted by Crippen LogP contribution is 2.26. The molecule has 1 fully saturated rings. The SMILES string of the molecule is CCCNCc1ccc(N2CCC(NC(C)=O)C2)cc1Cl. The lowest BCUT2D eigenvalue weighted by atomic mass is 10.2. The van der Waals surface area contributed by atoms with Crippen molar-refractivity contribution < 1.29 is 4.79 Å². The van der Waals surface area contributed by atoms with Crippen molar-refractivity contribution in [3.05, 3.63) is 28.8 Å². The van der Waals surface area contributed by atoms with Gasteiger partial charge in [-0.15, -0.1) is 0 Å². The van der Waals surface area contributed by atoms with Gasteiger partial charge in [0.2, 0.25) is 5.91 Å². The largest absolute Gasteiger partial charge is 0.369 e. The summed E-state index contributed by atoms with van der Waals surface area (Å²) in [6.45, 7) is 7.33. The first-order valence-electron chi connectivity index (χ1n) is 7.61. The van der Waals surface area contributed by atoms with Crippen LogP contribution in [0.4, 0.5) is 5.69 Å². The van der Waals surface area contributed by atoms with Crippen LogP contribution in [0, 0.1) is 0 Å². The Morgan fingerprint density at radius 3 is 2.95 bits per heavy atom. The first-order chi connectivity index (χ1) is 10.1. The predicted octanol–water partition coefficient (Wildman–Crippen LogP) is 2.55. The monoisotopic (exact) mass is 309 g/mol. The van der Waals surface area contributed by atoms with Crippen molar-refractivity contribution in [2.75, 3.05) is 24.5 Å². The first kappa shape index (κ1) is 16.1. The van der Waals surface area contributed by atoms with Crippen LogP contribution < -0.4 is 15.5 Å². The molecule has 21 heavy (non-hydrogen) atoms. The minimum absolute atomic E-state index is 0.0391. The van der Waals surface area contributed by atoms with Gasteiger partial charge in [-0.1, -0.05) is 24.6 Å². The summed E-state index contributed by atoms with van der Waals surface area (Å²) in [6, 6.07) is 6.48. The van der Waals surface area contributed by atoms with Crippen molar-refractivity contribution in [2.24, 2.45) is 0 Å². The number of nitrogens with zero attached hydrogens (tertiary/aromatic N) is 1. The van der Waals surface area contributed by atoms with Crippen molar-refractivity contribution in [3.8, 4) is 0 Å². The van der Waals surface area contributed by atoms with Gasteiger partial charge in [-0.3, -0.25) is 4.79 Å². The molecule has 5 heteroatoms. The maximum atomic E-state index is 11.1. The van der Waals surface area contributed by atoms with Gasteiger partial charge in [-0.25, -0.2) is 0 Å². The van der Waals surface area contributed by atoms with Gasteiger partial charge in [-0.05, 0) is 37.1 Å². The molecule has 0 bridgehead atoms. The molecule has 0 saturated carbocycles. The molecule has 116 valence electrons. The Kier molecular flexibility index (Phi) is 5.88. The molecular formula is C16H24ClN3O. The van der Waals surface area contributed by atoms with E-state index in [4.69, 9.17) is 11.6 Å². The number of halogens is 1. The molecule has 1 aromatic rings. The lowest BCUT2D eigenvalue weighted by molar-refractivity contribution is -0.119. The summed E-state index contributed by atoms with van der Waals surface area (Å²) < 4.78 is 0. The van der Waals surface area contributed by atoms with Crippen LogP contribution >= 0.6 is 11.6 Å². The van der Waals surface area contributed by atoms with Gasteiger partial charge in [0, 0.05) is 43.3 Å². The van der Waals surface area contributed by atoms with E-state index in [9.17, 15) is 4.79 Å². The third-order valence-corrected chi connectivity index (χ3v) is 4.09. The molecule has 0 radical (unpaired) electrons. The maximum absolute atomic E-state index is 11.1. The molecule has 1 aromatic carbocycles. The number of rotatable bonds is 6. The minimum Gasteiger partial charge on any atom is -0.369 e. The molecule has 2 rings (SSSR count). The summed E-state index contributed by atoms with van der Waals surface area (Å²) in [4.78, 5) is 13.4. The summed E-state index contributed by atoms with van der Waals surface area (Å²) in [5.41, 5.74) is 2.26. The van der Waals surface area contributed by atoms with E-state index < -0.39 is 0 Å². The van der Waals surface area contributed by atoms with Crippen LogP contribution in [0.3, 0.4) is 0 Å². The second-order valence-electron chi connectivity index (χ2n) is 5.58. The topological polar surface area (TPSA) is 44.4 Å². The van der Waals surface area contributed by atoms with E-state index in [-0.39, 0.29) is 11.9 Å². The van der Waals surface area contributed by atoms with Crippen LogP contribution in [0.25, 0.3) is 0 Å². The Morgan fingerprint density at radius 2 is 2.29 bits per heavy atom. The Bertz CT molecular complexity index is 492. The Morgan fingerprint density at radius 1 is 1.48 bits per heavy atom. The molecule has 1 amide bonds. The number of anilines is 1. The zero-order chi connectivity index (χ0) is 15.2. The molecule has 0 aromatic heterocycles. The van der Waals surface area contributed by atoms with E-state index >= 15 is 0 Å². The highest BCUT2D eigenvalue weighted by atomic mass is 35.5. The zero-order valence-electron chi connectivity index (χ0n) is 12.8. The van der Waals surface area contributed by atoms with Crippen LogP contribution in [0.5, 0.6) is 0 Å². The quantitative estimate of drug-likeness (QED) is 0.794. The maximum Gasteiger partial charge on any atom is 0.217 e. The third kappa shape index (κ3) is 4.61. The molecule has 1 aliphatic rings. The first-order valence-corrected chi connectivity index (χ1v) is 7.99. The number of amides is 1. The van der Waals surface area contributed by atoms with Gasteiger partial charge >= 0.3 is 0 Å². The van der Waals surface area contributed by atoms with E-state index in [1.54, 1.807) is 6.92 Å². The van der Waals surface area contributed by atoms with E-state index in [1.807, 2.05) is 6.07 Å². The molecular weight excluding hydrogens is 286 g/mol. The lowest BCUT2D eigenvalue weighted by Gasteiger charge is -2.20.